The average molecular weight is 302 g/mol. The van der Waals surface area contributed by atoms with Crippen LogP contribution < -0.4 is 15.5 Å². The van der Waals surface area contributed by atoms with Crippen LogP contribution in [0.1, 0.15) is 24.2 Å². The van der Waals surface area contributed by atoms with Gasteiger partial charge in [-0.15, -0.1) is 0 Å². The van der Waals surface area contributed by atoms with Crippen LogP contribution in [0.5, 0.6) is 0 Å². The van der Waals surface area contributed by atoms with Crippen LogP contribution >= 0.6 is 0 Å². The van der Waals surface area contributed by atoms with Crippen LogP contribution in [0.3, 0.4) is 0 Å². The van der Waals surface area contributed by atoms with E-state index in [1.807, 2.05) is 42.8 Å². The minimum absolute atomic E-state index is 0.0207. The van der Waals surface area contributed by atoms with Crippen LogP contribution in [0.2, 0.25) is 0 Å². The highest BCUT2D eigenvalue weighted by Crippen LogP contribution is 2.32. The minimum atomic E-state index is -0.206. The molecule has 2 N–H and O–H groups in total. The second-order valence-electron chi connectivity index (χ2n) is 6.06. The van der Waals surface area contributed by atoms with Crippen molar-refractivity contribution in [2.45, 2.75) is 25.9 Å². The minimum Gasteiger partial charge on any atom is -0.361 e. The van der Waals surface area contributed by atoms with E-state index in [0.717, 1.165) is 18.8 Å². The van der Waals surface area contributed by atoms with Crippen molar-refractivity contribution in [3.63, 3.8) is 0 Å². The molecule has 0 bridgehead atoms. The number of rotatable bonds is 1. The molecule has 22 heavy (non-hydrogen) atoms. The molecular formula is C16H22N4O2. The maximum atomic E-state index is 12.7. The van der Waals surface area contributed by atoms with E-state index in [2.05, 4.69) is 10.6 Å². The molecule has 0 aliphatic carbocycles. The molecule has 2 aliphatic rings. The van der Waals surface area contributed by atoms with E-state index < -0.39 is 0 Å². The number of hydrogen-bond donors (Lipinski definition) is 2. The molecule has 6 heteroatoms. The zero-order valence-electron chi connectivity index (χ0n) is 13.2. The van der Waals surface area contributed by atoms with Gasteiger partial charge in [0.2, 0.25) is 5.91 Å². The largest absolute Gasteiger partial charge is 0.361 e. The molecule has 3 rings (SSSR count). The first-order valence-corrected chi connectivity index (χ1v) is 7.68. The molecule has 1 unspecified atom stereocenters. The molecule has 0 radical (unpaired) electrons. The normalized spacial score (nSPS) is 24.8. The van der Waals surface area contributed by atoms with Crippen LogP contribution in [0.4, 0.5) is 11.4 Å². The van der Waals surface area contributed by atoms with Crippen molar-refractivity contribution >= 4 is 23.2 Å². The molecular weight excluding hydrogens is 280 g/mol. The number of amides is 2. The van der Waals surface area contributed by atoms with E-state index in [9.17, 15) is 9.59 Å². The Kier molecular flexibility index (Phi) is 3.78. The van der Waals surface area contributed by atoms with Gasteiger partial charge in [-0.05, 0) is 32.0 Å². The lowest BCUT2D eigenvalue weighted by Crippen LogP contribution is -2.52. The number of carbonyl (C=O) groups excluding carboxylic acids is 2. The zero-order chi connectivity index (χ0) is 15.9. The number of piperazine rings is 1. The topological polar surface area (TPSA) is 64.7 Å². The third-order valence-corrected chi connectivity index (χ3v) is 4.60. The zero-order valence-corrected chi connectivity index (χ0v) is 13.2. The second-order valence-corrected chi connectivity index (χ2v) is 6.06. The standard InChI is InChI=1S/C16H22N4O2/c1-10-9-17-6-7-20(10)16(22)12-4-5-14-13(8-12)18-15(21)11(2)19(14)3/h4-5,8,10-11,17H,6-7,9H2,1-3H3,(H,18,21)/t10-,11?/m1/s1. The van der Waals surface area contributed by atoms with Crippen molar-refractivity contribution in [1.82, 2.24) is 10.2 Å². The van der Waals surface area contributed by atoms with Gasteiger partial charge in [-0.25, -0.2) is 0 Å². The molecule has 0 saturated carbocycles. The molecule has 2 amide bonds. The summed E-state index contributed by atoms with van der Waals surface area (Å²) in [6.07, 6.45) is 0. The molecule has 6 nitrogen and oxygen atoms in total. The predicted octanol–water partition coefficient (Wildman–Crippen LogP) is 0.897. The van der Waals surface area contributed by atoms with Gasteiger partial charge in [0.15, 0.2) is 0 Å². The SMILES string of the molecule is CC1C(=O)Nc2cc(C(=O)N3CCNC[C@H]3C)ccc2N1C. The fourth-order valence-corrected chi connectivity index (χ4v) is 3.01. The molecule has 2 aliphatic heterocycles. The summed E-state index contributed by atoms with van der Waals surface area (Å²) in [5.41, 5.74) is 2.27. The van der Waals surface area contributed by atoms with E-state index in [1.165, 1.54) is 0 Å². The lowest BCUT2D eigenvalue weighted by Gasteiger charge is -2.35. The lowest BCUT2D eigenvalue weighted by molar-refractivity contribution is -0.117. The van der Waals surface area contributed by atoms with E-state index in [1.54, 1.807) is 6.07 Å². The summed E-state index contributed by atoms with van der Waals surface area (Å²) in [6.45, 7) is 6.24. The number of carbonyl (C=O) groups is 2. The highest BCUT2D eigenvalue weighted by Gasteiger charge is 2.29. The fourth-order valence-electron chi connectivity index (χ4n) is 3.01. The van der Waals surface area contributed by atoms with Crippen LogP contribution in [0.15, 0.2) is 18.2 Å². The van der Waals surface area contributed by atoms with Crippen LogP contribution in [0.25, 0.3) is 0 Å². The van der Waals surface area contributed by atoms with Gasteiger partial charge >= 0.3 is 0 Å². The molecule has 2 atom stereocenters. The first-order valence-electron chi connectivity index (χ1n) is 7.68. The Morgan fingerprint density at radius 3 is 2.82 bits per heavy atom. The number of anilines is 2. The van der Waals surface area contributed by atoms with Crippen molar-refractivity contribution in [3.05, 3.63) is 23.8 Å². The van der Waals surface area contributed by atoms with Crippen molar-refractivity contribution in [3.8, 4) is 0 Å². The van der Waals surface area contributed by atoms with E-state index in [-0.39, 0.29) is 23.9 Å². The van der Waals surface area contributed by atoms with E-state index in [0.29, 0.717) is 17.8 Å². The Labute approximate surface area is 130 Å². The summed E-state index contributed by atoms with van der Waals surface area (Å²) >= 11 is 0. The third-order valence-electron chi connectivity index (χ3n) is 4.60. The first kappa shape index (κ1) is 14.8. The van der Waals surface area contributed by atoms with E-state index in [4.69, 9.17) is 0 Å². The van der Waals surface area contributed by atoms with Gasteiger partial charge in [0.1, 0.15) is 6.04 Å². The Hall–Kier alpha value is -2.08. The number of likely N-dealkylation sites (N-methyl/N-ethyl adjacent to an activating group) is 1. The van der Waals surface area contributed by atoms with Gasteiger partial charge < -0.3 is 20.4 Å². The Balaban J connectivity index is 1.89. The van der Waals surface area contributed by atoms with Crippen LogP contribution in [0, 0.1) is 0 Å². The maximum Gasteiger partial charge on any atom is 0.254 e. The Bertz CT molecular complexity index is 616. The fraction of sp³-hybridized carbons (Fsp3) is 0.500. The summed E-state index contributed by atoms with van der Waals surface area (Å²) in [5, 5.41) is 6.17. The number of nitrogens with zero attached hydrogens (tertiary/aromatic N) is 2. The Morgan fingerprint density at radius 2 is 2.09 bits per heavy atom. The summed E-state index contributed by atoms with van der Waals surface area (Å²) in [5.74, 6) is -0.0255. The van der Waals surface area contributed by atoms with Gasteiger partial charge in [0.05, 0.1) is 11.4 Å². The number of nitrogens with one attached hydrogen (secondary N) is 2. The van der Waals surface area contributed by atoms with Crippen LogP contribution in [-0.2, 0) is 4.79 Å². The van der Waals surface area contributed by atoms with Gasteiger partial charge in [-0.3, -0.25) is 9.59 Å². The number of fused-ring (bicyclic) bond motifs is 1. The third kappa shape index (κ3) is 2.43. The summed E-state index contributed by atoms with van der Waals surface area (Å²) in [4.78, 5) is 28.5. The molecule has 118 valence electrons. The second kappa shape index (κ2) is 5.61. The highest BCUT2D eigenvalue weighted by molar-refractivity contribution is 6.05. The van der Waals surface area contributed by atoms with Crippen LogP contribution in [-0.4, -0.2) is 55.5 Å². The number of hydrogen-bond acceptors (Lipinski definition) is 4. The monoisotopic (exact) mass is 302 g/mol. The number of benzene rings is 1. The van der Waals surface area contributed by atoms with Gasteiger partial charge in [0.25, 0.3) is 5.91 Å². The lowest BCUT2D eigenvalue weighted by atomic mass is 10.1. The van der Waals surface area contributed by atoms with E-state index >= 15 is 0 Å². The molecule has 1 fully saturated rings. The molecule has 1 saturated heterocycles. The molecule has 1 aromatic rings. The predicted molar refractivity (Wildman–Crippen MR) is 86.3 cm³/mol. The maximum absolute atomic E-state index is 12.7. The molecule has 1 aromatic carbocycles. The Morgan fingerprint density at radius 1 is 1.32 bits per heavy atom. The first-order chi connectivity index (χ1) is 10.5. The molecule has 0 spiro atoms. The van der Waals surface area contributed by atoms with Crippen molar-refractivity contribution in [2.75, 3.05) is 36.9 Å². The smallest absolute Gasteiger partial charge is 0.254 e. The summed E-state index contributed by atoms with van der Waals surface area (Å²) in [6, 6.07) is 5.51. The van der Waals surface area contributed by atoms with Gasteiger partial charge in [-0.2, -0.15) is 0 Å². The van der Waals surface area contributed by atoms with Crippen molar-refractivity contribution in [2.24, 2.45) is 0 Å². The van der Waals surface area contributed by atoms with Gasteiger partial charge in [-0.1, -0.05) is 0 Å². The molecule has 2 heterocycles. The average Bonchev–Trinajstić information content (AvgIpc) is 2.52. The quantitative estimate of drug-likeness (QED) is 0.809. The van der Waals surface area contributed by atoms with Crippen molar-refractivity contribution in [1.29, 1.82) is 0 Å². The summed E-state index contributed by atoms with van der Waals surface area (Å²) < 4.78 is 0. The molecule has 0 aromatic heterocycles. The summed E-state index contributed by atoms with van der Waals surface area (Å²) in [7, 11) is 1.89. The highest BCUT2D eigenvalue weighted by atomic mass is 16.2. The van der Waals surface area contributed by atoms with Gasteiger partial charge in [0, 0.05) is 38.3 Å². The van der Waals surface area contributed by atoms with Crippen molar-refractivity contribution < 1.29 is 9.59 Å².